The van der Waals surface area contributed by atoms with Crippen LogP contribution in [0.3, 0.4) is 0 Å². The molecular formula is C11H11NOS. The van der Waals surface area contributed by atoms with Gasteiger partial charge in [0.15, 0.2) is 5.78 Å². The number of hydrogen-bond acceptors (Lipinski definition) is 2. The maximum atomic E-state index is 11.1. The number of nitrogens with zero attached hydrogens (tertiary/aromatic N) is 1. The number of rotatable bonds is 3. The van der Waals surface area contributed by atoms with Gasteiger partial charge in [0.2, 0.25) is 0 Å². The number of thiophene rings is 1. The Balaban J connectivity index is 2.14. The summed E-state index contributed by atoms with van der Waals surface area (Å²) in [5.41, 5.74) is 0.779. The monoisotopic (exact) mass is 205 g/mol. The van der Waals surface area contributed by atoms with Gasteiger partial charge in [0.1, 0.15) is 0 Å². The lowest BCUT2D eigenvalue weighted by Crippen LogP contribution is -1.94. The van der Waals surface area contributed by atoms with Gasteiger partial charge in [0, 0.05) is 22.8 Å². The van der Waals surface area contributed by atoms with Gasteiger partial charge < -0.3 is 4.57 Å². The van der Waals surface area contributed by atoms with Crippen LogP contribution in [0.4, 0.5) is 0 Å². The first kappa shape index (κ1) is 9.21. The van der Waals surface area contributed by atoms with E-state index >= 15 is 0 Å². The molecule has 2 nitrogen and oxygen atoms in total. The molecule has 0 amide bonds. The van der Waals surface area contributed by atoms with Crippen molar-refractivity contribution in [2.75, 3.05) is 0 Å². The summed E-state index contributed by atoms with van der Waals surface area (Å²) in [5.74, 6) is 0.120. The largest absolute Gasteiger partial charge is 0.348 e. The van der Waals surface area contributed by atoms with Gasteiger partial charge in [0.25, 0.3) is 0 Å². The van der Waals surface area contributed by atoms with Gasteiger partial charge in [-0.3, -0.25) is 4.79 Å². The van der Waals surface area contributed by atoms with Crippen molar-refractivity contribution in [3.05, 3.63) is 46.4 Å². The Bertz CT molecular complexity index is 428. The third-order valence-electron chi connectivity index (χ3n) is 2.08. The van der Waals surface area contributed by atoms with Crippen LogP contribution in [0, 0.1) is 0 Å². The van der Waals surface area contributed by atoms with Gasteiger partial charge in [-0.05, 0) is 24.4 Å². The molecule has 72 valence electrons. The molecule has 0 aliphatic carbocycles. The number of aromatic nitrogens is 1. The molecule has 2 aromatic rings. The number of carbonyl (C=O) groups excluding carboxylic acids is 1. The van der Waals surface area contributed by atoms with Gasteiger partial charge in [-0.25, -0.2) is 0 Å². The van der Waals surface area contributed by atoms with Crippen LogP contribution >= 0.6 is 11.3 Å². The highest BCUT2D eigenvalue weighted by atomic mass is 32.1. The molecule has 0 bridgehead atoms. The Labute approximate surface area is 86.8 Å². The van der Waals surface area contributed by atoms with E-state index in [1.54, 1.807) is 18.3 Å². The SMILES string of the molecule is CC(=O)c1ccn(Cc2cccs2)c1. The van der Waals surface area contributed by atoms with Crippen molar-refractivity contribution < 1.29 is 4.79 Å². The summed E-state index contributed by atoms with van der Waals surface area (Å²) in [7, 11) is 0. The standard InChI is InChI=1S/C11H11NOS/c1-9(13)10-4-5-12(7-10)8-11-3-2-6-14-11/h2-7H,8H2,1H3. The van der Waals surface area contributed by atoms with E-state index in [4.69, 9.17) is 0 Å². The second-order valence-electron chi connectivity index (χ2n) is 3.21. The van der Waals surface area contributed by atoms with Crippen molar-refractivity contribution in [2.24, 2.45) is 0 Å². The minimum Gasteiger partial charge on any atom is -0.348 e. The predicted molar refractivity (Wildman–Crippen MR) is 57.9 cm³/mol. The van der Waals surface area contributed by atoms with E-state index in [9.17, 15) is 4.79 Å². The van der Waals surface area contributed by atoms with Crippen molar-refractivity contribution >= 4 is 17.1 Å². The Morgan fingerprint density at radius 2 is 2.36 bits per heavy atom. The number of Topliss-reactive ketones (excluding diaryl/α,β-unsaturated/α-hetero) is 1. The fourth-order valence-corrected chi connectivity index (χ4v) is 2.04. The highest BCUT2D eigenvalue weighted by molar-refractivity contribution is 7.09. The average Bonchev–Trinajstić information content (AvgIpc) is 2.75. The topological polar surface area (TPSA) is 22.0 Å². The van der Waals surface area contributed by atoms with Crippen LogP contribution in [0.25, 0.3) is 0 Å². The summed E-state index contributed by atoms with van der Waals surface area (Å²) < 4.78 is 2.03. The lowest BCUT2D eigenvalue weighted by atomic mass is 10.2. The van der Waals surface area contributed by atoms with Crippen molar-refractivity contribution in [1.82, 2.24) is 4.57 Å². The molecule has 0 spiro atoms. The van der Waals surface area contributed by atoms with Crippen molar-refractivity contribution in [3.63, 3.8) is 0 Å². The zero-order chi connectivity index (χ0) is 9.97. The van der Waals surface area contributed by atoms with Crippen LogP contribution in [0.2, 0.25) is 0 Å². The molecule has 0 fully saturated rings. The predicted octanol–water partition coefficient (Wildman–Crippen LogP) is 2.80. The Morgan fingerprint density at radius 3 is 2.93 bits per heavy atom. The normalized spacial score (nSPS) is 10.4. The summed E-state index contributed by atoms with van der Waals surface area (Å²) >= 11 is 1.73. The second kappa shape index (κ2) is 3.80. The third-order valence-corrected chi connectivity index (χ3v) is 2.94. The van der Waals surface area contributed by atoms with E-state index in [1.165, 1.54) is 4.88 Å². The van der Waals surface area contributed by atoms with Crippen LogP contribution < -0.4 is 0 Å². The molecule has 0 aromatic carbocycles. The summed E-state index contributed by atoms with van der Waals surface area (Å²) in [6.07, 6.45) is 3.83. The molecule has 2 aromatic heterocycles. The van der Waals surface area contributed by atoms with Crippen molar-refractivity contribution in [2.45, 2.75) is 13.5 Å². The minimum absolute atomic E-state index is 0.120. The van der Waals surface area contributed by atoms with Gasteiger partial charge in [-0.1, -0.05) is 6.07 Å². The summed E-state index contributed by atoms with van der Waals surface area (Å²) in [5, 5.41) is 2.06. The second-order valence-corrected chi connectivity index (χ2v) is 4.24. The molecule has 0 saturated heterocycles. The molecule has 3 heteroatoms. The van der Waals surface area contributed by atoms with Crippen LogP contribution in [0.15, 0.2) is 36.0 Å². The van der Waals surface area contributed by atoms with Crippen molar-refractivity contribution in [3.8, 4) is 0 Å². The van der Waals surface area contributed by atoms with Gasteiger partial charge >= 0.3 is 0 Å². The van der Waals surface area contributed by atoms with Crippen LogP contribution in [-0.4, -0.2) is 10.4 Å². The molecule has 0 saturated carbocycles. The molecule has 0 atom stereocenters. The minimum atomic E-state index is 0.120. The van der Waals surface area contributed by atoms with Gasteiger partial charge in [-0.15, -0.1) is 11.3 Å². The van der Waals surface area contributed by atoms with E-state index in [2.05, 4.69) is 11.4 Å². The van der Waals surface area contributed by atoms with Crippen molar-refractivity contribution in [1.29, 1.82) is 0 Å². The summed E-state index contributed by atoms with van der Waals surface area (Å²) in [6, 6.07) is 5.99. The van der Waals surface area contributed by atoms with Crippen LogP contribution in [0.1, 0.15) is 22.2 Å². The number of hydrogen-bond donors (Lipinski definition) is 0. The highest BCUT2D eigenvalue weighted by Crippen LogP contribution is 2.11. The van der Waals surface area contributed by atoms with E-state index < -0.39 is 0 Å². The lowest BCUT2D eigenvalue weighted by molar-refractivity contribution is 0.101. The zero-order valence-corrected chi connectivity index (χ0v) is 8.75. The Hall–Kier alpha value is -1.35. The molecular weight excluding hydrogens is 194 g/mol. The smallest absolute Gasteiger partial charge is 0.161 e. The maximum absolute atomic E-state index is 11.1. The molecule has 0 aliphatic rings. The van der Waals surface area contributed by atoms with Crippen LogP contribution in [-0.2, 0) is 6.54 Å². The molecule has 0 aliphatic heterocycles. The highest BCUT2D eigenvalue weighted by Gasteiger charge is 2.01. The van der Waals surface area contributed by atoms with E-state index in [0.29, 0.717) is 0 Å². The average molecular weight is 205 g/mol. The molecule has 0 unspecified atom stereocenters. The van der Waals surface area contributed by atoms with E-state index in [0.717, 1.165) is 12.1 Å². The first-order valence-corrected chi connectivity index (χ1v) is 5.33. The maximum Gasteiger partial charge on any atom is 0.161 e. The fourth-order valence-electron chi connectivity index (χ4n) is 1.33. The first-order chi connectivity index (χ1) is 6.75. The van der Waals surface area contributed by atoms with Gasteiger partial charge in [-0.2, -0.15) is 0 Å². The summed E-state index contributed by atoms with van der Waals surface area (Å²) in [6.45, 7) is 2.44. The molecule has 0 N–H and O–H groups in total. The molecule has 0 radical (unpaired) electrons. The first-order valence-electron chi connectivity index (χ1n) is 4.45. The molecule has 2 rings (SSSR count). The fraction of sp³-hybridized carbons (Fsp3) is 0.182. The lowest BCUT2D eigenvalue weighted by Gasteiger charge is -1.98. The molecule has 14 heavy (non-hydrogen) atoms. The van der Waals surface area contributed by atoms with E-state index in [-0.39, 0.29) is 5.78 Å². The Kier molecular flexibility index (Phi) is 2.50. The Morgan fingerprint density at radius 1 is 1.50 bits per heavy atom. The van der Waals surface area contributed by atoms with E-state index in [1.807, 2.05) is 29.1 Å². The number of ketones is 1. The third kappa shape index (κ3) is 1.93. The molecule has 2 heterocycles. The number of carbonyl (C=O) groups is 1. The van der Waals surface area contributed by atoms with Crippen LogP contribution in [0.5, 0.6) is 0 Å². The summed E-state index contributed by atoms with van der Waals surface area (Å²) in [4.78, 5) is 12.4. The zero-order valence-electron chi connectivity index (χ0n) is 7.93. The quantitative estimate of drug-likeness (QED) is 0.706. The van der Waals surface area contributed by atoms with Gasteiger partial charge in [0.05, 0.1) is 6.54 Å².